The molecule has 0 unspecified atom stereocenters. The molecule has 0 aromatic rings. The molecule has 0 radical (unpaired) electrons. The van der Waals surface area contributed by atoms with E-state index in [1.807, 2.05) is 13.8 Å². The van der Waals surface area contributed by atoms with Crippen LogP contribution in [-0.2, 0) is 4.79 Å². The highest BCUT2D eigenvalue weighted by Gasteiger charge is 1.94. The summed E-state index contributed by atoms with van der Waals surface area (Å²) in [7, 11) is 0. The van der Waals surface area contributed by atoms with Gasteiger partial charge >= 0.3 is 0 Å². The minimum Gasteiger partial charge on any atom is -0.389 e. The monoisotopic (exact) mass is 169 g/mol. The highest BCUT2D eigenvalue weighted by molar-refractivity contribution is 5.89. The first-order chi connectivity index (χ1) is 5.66. The lowest BCUT2D eigenvalue weighted by molar-refractivity contribution is -0.114. The predicted molar refractivity (Wildman–Crippen MR) is 51.9 cm³/mol. The van der Waals surface area contributed by atoms with Crippen LogP contribution < -0.4 is 5.32 Å². The topological polar surface area (TPSA) is 29.1 Å². The Bertz CT molecular complexity index is 150. The number of hydrogen-bond acceptors (Lipinski definition) is 2. The predicted octanol–water partition coefficient (Wildman–Crippen LogP) is 2.26. The minimum absolute atomic E-state index is 0.213. The normalized spacial score (nSPS) is 11.0. The highest BCUT2D eigenvalue weighted by Crippen LogP contribution is 1.95. The Morgan fingerprint density at radius 3 is 2.67 bits per heavy atom. The molecule has 0 saturated carbocycles. The van der Waals surface area contributed by atoms with Crippen molar-refractivity contribution in [1.82, 2.24) is 5.32 Å². The van der Waals surface area contributed by atoms with E-state index in [2.05, 4.69) is 12.2 Å². The molecule has 12 heavy (non-hydrogen) atoms. The Morgan fingerprint density at radius 1 is 1.50 bits per heavy atom. The van der Waals surface area contributed by atoms with Gasteiger partial charge in [-0.2, -0.15) is 0 Å². The lowest BCUT2D eigenvalue weighted by atomic mass is 10.2. The summed E-state index contributed by atoms with van der Waals surface area (Å²) in [5.41, 5.74) is 0. The Morgan fingerprint density at radius 2 is 2.17 bits per heavy atom. The molecule has 2 nitrogen and oxygen atoms in total. The zero-order valence-corrected chi connectivity index (χ0v) is 8.26. The third-order valence-electron chi connectivity index (χ3n) is 1.48. The van der Waals surface area contributed by atoms with Gasteiger partial charge in [0, 0.05) is 18.7 Å². The fraction of sp³-hybridized carbons (Fsp3) is 0.700. The van der Waals surface area contributed by atoms with Crippen molar-refractivity contribution < 1.29 is 4.79 Å². The lowest BCUT2D eigenvalue weighted by Crippen LogP contribution is -2.15. The van der Waals surface area contributed by atoms with Crippen molar-refractivity contribution in [2.45, 2.75) is 46.1 Å². The van der Waals surface area contributed by atoms with Crippen LogP contribution in [0.3, 0.4) is 0 Å². The van der Waals surface area contributed by atoms with Crippen LogP contribution in [0.15, 0.2) is 12.3 Å². The minimum atomic E-state index is 0.213. The first-order valence-corrected chi connectivity index (χ1v) is 4.62. The number of carbonyl (C=O) groups is 1. The van der Waals surface area contributed by atoms with Crippen LogP contribution in [-0.4, -0.2) is 11.8 Å². The van der Waals surface area contributed by atoms with Crippen molar-refractivity contribution in [1.29, 1.82) is 0 Å². The number of allylic oxidation sites excluding steroid dienone is 1. The van der Waals surface area contributed by atoms with Gasteiger partial charge in [-0.1, -0.05) is 13.3 Å². The number of rotatable bonds is 6. The average Bonchev–Trinajstić information content (AvgIpc) is 2.00. The number of carbonyl (C=O) groups excluding carboxylic acids is 1. The SMILES string of the molecule is CCCCC(=O)/C=C\NC(C)C. The van der Waals surface area contributed by atoms with Crippen molar-refractivity contribution in [2.24, 2.45) is 0 Å². The second kappa shape index (κ2) is 6.89. The van der Waals surface area contributed by atoms with Crippen LogP contribution in [0.2, 0.25) is 0 Å². The quantitative estimate of drug-likeness (QED) is 0.618. The summed E-state index contributed by atoms with van der Waals surface area (Å²) in [6.45, 7) is 6.17. The largest absolute Gasteiger partial charge is 0.389 e. The molecule has 0 aromatic carbocycles. The van der Waals surface area contributed by atoms with Crippen LogP contribution in [0, 0.1) is 0 Å². The lowest BCUT2D eigenvalue weighted by Gasteiger charge is -2.01. The van der Waals surface area contributed by atoms with Gasteiger partial charge in [0.25, 0.3) is 0 Å². The molecule has 1 N–H and O–H groups in total. The maximum Gasteiger partial charge on any atom is 0.157 e. The maximum atomic E-state index is 11.1. The average molecular weight is 169 g/mol. The van der Waals surface area contributed by atoms with Gasteiger partial charge in [0.1, 0.15) is 0 Å². The molecule has 0 saturated heterocycles. The Kier molecular flexibility index (Phi) is 6.44. The zero-order chi connectivity index (χ0) is 9.40. The van der Waals surface area contributed by atoms with E-state index in [1.165, 1.54) is 0 Å². The van der Waals surface area contributed by atoms with Crippen molar-refractivity contribution >= 4 is 5.78 Å². The van der Waals surface area contributed by atoms with Crippen LogP contribution in [0.1, 0.15) is 40.0 Å². The van der Waals surface area contributed by atoms with E-state index in [0.29, 0.717) is 12.5 Å². The number of nitrogens with one attached hydrogen (secondary N) is 1. The Hall–Kier alpha value is -0.790. The molecule has 0 heterocycles. The number of hydrogen-bond donors (Lipinski definition) is 1. The molecular weight excluding hydrogens is 150 g/mol. The molecule has 0 bridgehead atoms. The van der Waals surface area contributed by atoms with Gasteiger partial charge in [-0.05, 0) is 26.3 Å². The van der Waals surface area contributed by atoms with E-state index in [-0.39, 0.29) is 5.78 Å². The van der Waals surface area contributed by atoms with Gasteiger partial charge in [0.15, 0.2) is 5.78 Å². The fourth-order valence-electron chi connectivity index (χ4n) is 0.768. The second-order valence-electron chi connectivity index (χ2n) is 3.22. The Balaban J connectivity index is 3.47. The molecule has 0 fully saturated rings. The van der Waals surface area contributed by atoms with Gasteiger partial charge < -0.3 is 5.32 Å². The molecule has 0 aromatic heterocycles. The molecule has 2 heteroatoms. The first-order valence-electron chi connectivity index (χ1n) is 4.62. The zero-order valence-electron chi connectivity index (χ0n) is 8.26. The second-order valence-corrected chi connectivity index (χ2v) is 3.22. The van der Waals surface area contributed by atoms with Crippen molar-refractivity contribution in [3.05, 3.63) is 12.3 Å². The van der Waals surface area contributed by atoms with Crippen LogP contribution in [0.25, 0.3) is 0 Å². The summed E-state index contributed by atoms with van der Waals surface area (Å²) in [5, 5.41) is 3.05. The molecule has 0 amide bonds. The fourth-order valence-corrected chi connectivity index (χ4v) is 0.768. The smallest absolute Gasteiger partial charge is 0.157 e. The maximum absolute atomic E-state index is 11.1. The summed E-state index contributed by atoms with van der Waals surface area (Å²) >= 11 is 0. The molecule has 0 aliphatic rings. The summed E-state index contributed by atoms with van der Waals surface area (Å²) in [6, 6.07) is 0.403. The Labute approximate surface area is 75.0 Å². The summed E-state index contributed by atoms with van der Waals surface area (Å²) in [5.74, 6) is 0.213. The third kappa shape index (κ3) is 7.32. The highest BCUT2D eigenvalue weighted by atomic mass is 16.1. The van der Waals surface area contributed by atoms with Gasteiger partial charge in [-0.25, -0.2) is 0 Å². The third-order valence-corrected chi connectivity index (χ3v) is 1.48. The van der Waals surface area contributed by atoms with E-state index in [1.54, 1.807) is 12.3 Å². The molecule has 70 valence electrons. The van der Waals surface area contributed by atoms with Gasteiger partial charge in [0.05, 0.1) is 0 Å². The molecule has 0 atom stereocenters. The van der Waals surface area contributed by atoms with Crippen molar-refractivity contribution in [3.63, 3.8) is 0 Å². The number of ketones is 1. The van der Waals surface area contributed by atoms with E-state index < -0.39 is 0 Å². The van der Waals surface area contributed by atoms with Gasteiger partial charge in [-0.15, -0.1) is 0 Å². The molecule has 0 spiro atoms. The van der Waals surface area contributed by atoms with Crippen LogP contribution >= 0.6 is 0 Å². The van der Waals surface area contributed by atoms with Crippen molar-refractivity contribution in [2.75, 3.05) is 0 Å². The van der Waals surface area contributed by atoms with Crippen LogP contribution in [0.5, 0.6) is 0 Å². The van der Waals surface area contributed by atoms with Crippen LogP contribution in [0.4, 0.5) is 0 Å². The summed E-state index contributed by atoms with van der Waals surface area (Å²) < 4.78 is 0. The van der Waals surface area contributed by atoms with Crippen molar-refractivity contribution in [3.8, 4) is 0 Å². The molecule has 0 aliphatic carbocycles. The van der Waals surface area contributed by atoms with Gasteiger partial charge in [0.2, 0.25) is 0 Å². The summed E-state index contributed by atoms with van der Waals surface area (Å²) in [4.78, 5) is 11.1. The molecule has 0 rings (SSSR count). The van der Waals surface area contributed by atoms with E-state index >= 15 is 0 Å². The van der Waals surface area contributed by atoms with E-state index in [0.717, 1.165) is 12.8 Å². The summed E-state index contributed by atoms with van der Waals surface area (Å²) in [6.07, 6.45) is 6.10. The van der Waals surface area contributed by atoms with Gasteiger partial charge in [-0.3, -0.25) is 4.79 Å². The number of unbranched alkanes of at least 4 members (excludes halogenated alkanes) is 1. The standard InChI is InChI=1S/C10H19NO/c1-4-5-6-10(12)7-8-11-9(2)3/h7-9,11H,4-6H2,1-3H3/b8-7-. The van der Waals surface area contributed by atoms with E-state index in [9.17, 15) is 4.79 Å². The van der Waals surface area contributed by atoms with E-state index in [4.69, 9.17) is 0 Å². The molecule has 0 aliphatic heterocycles. The first kappa shape index (κ1) is 11.2. The molecular formula is C10H19NO.